The molecule has 0 saturated carbocycles. The Balaban J connectivity index is 2.37. The van der Waals surface area contributed by atoms with Gasteiger partial charge >= 0.3 is 5.97 Å². The summed E-state index contributed by atoms with van der Waals surface area (Å²) in [4.78, 5) is 42.6. The summed E-state index contributed by atoms with van der Waals surface area (Å²) >= 11 is 1.39. The Kier molecular flexibility index (Phi) is 5.38. The fraction of sp³-hybridized carbons (Fsp3) is 0.500. The zero-order valence-electron chi connectivity index (χ0n) is 14.4. The van der Waals surface area contributed by atoms with Crippen LogP contribution < -0.4 is 10.9 Å². The predicted octanol–water partition coefficient (Wildman–Crippen LogP) is 1.69. The van der Waals surface area contributed by atoms with Gasteiger partial charge in [-0.15, -0.1) is 11.3 Å². The van der Waals surface area contributed by atoms with E-state index < -0.39 is 23.5 Å². The van der Waals surface area contributed by atoms with Gasteiger partial charge in [0.25, 0.3) is 11.5 Å². The van der Waals surface area contributed by atoms with Crippen LogP contribution in [0.15, 0.2) is 11.0 Å². The average molecular weight is 351 g/mol. The van der Waals surface area contributed by atoms with E-state index in [0.29, 0.717) is 11.4 Å². The van der Waals surface area contributed by atoms with E-state index in [1.165, 1.54) is 29.0 Å². The lowest BCUT2D eigenvalue weighted by Crippen LogP contribution is -2.44. The summed E-state index contributed by atoms with van der Waals surface area (Å²) < 4.78 is 6.14. The Morgan fingerprint density at radius 2 is 2.04 bits per heavy atom. The molecule has 2 rings (SSSR count). The highest BCUT2D eigenvalue weighted by molar-refractivity contribution is 7.17. The summed E-state index contributed by atoms with van der Waals surface area (Å²) in [7, 11) is 1.27. The van der Waals surface area contributed by atoms with Gasteiger partial charge in [0.1, 0.15) is 11.6 Å². The highest BCUT2D eigenvalue weighted by atomic mass is 32.1. The Bertz CT molecular complexity index is 838. The van der Waals surface area contributed by atoms with Gasteiger partial charge < -0.3 is 10.1 Å². The standard InChI is InChI=1S/C16H21N3O4S/c1-8(2)6-12(15(22)23-5)18-13(20)11-7-17-16-19(14(11)21)9(3)10(4)24-16/h7-8,12H,6H2,1-5H3,(H,18,20)/t12-/m1/s1. The van der Waals surface area contributed by atoms with Gasteiger partial charge in [-0.1, -0.05) is 13.8 Å². The lowest BCUT2D eigenvalue weighted by molar-refractivity contribution is -0.143. The van der Waals surface area contributed by atoms with Gasteiger partial charge in [0.05, 0.1) is 7.11 Å². The van der Waals surface area contributed by atoms with Gasteiger partial charge in [-0.3, -0.25) is 14.0 Å². The minimum atomic E-state index is -0.798. The topological polar surface area (TPSA) is 89.8 Å². The number of rotatable bonds is 5. The number of carbonyl (C=O) groups is 2. The largest absolute Gasteiger partial charge is 0.467 e. The number of aromatic nitrogens is 2. The second-order valence-corrected chi connectivity index (χ2v) is 7.20. The summed E-state index contributed by atoms with van der Waals surface area (Å²) in [5, 5.41) is 2.58. The van der Waals surface area contributed by atoms with Crippen LogP contribution in [-0.2, 0) is 9.53 Å². The monoisotopic (exact) mass is 351 g/mol. The number of carbonyl (C=O) groups excluding carboxylic acids is 2. The molecule has 0 saturated heterocycles. The van der Waals surface area contributed by atoms with Gasteiger partial charge in [0.2, 0.25) is 0 Å². The molecule has 0 aromatic carbocycles. The Morgan fingerprint density at radius 1 is 1.38 bits per heavy atom. The van der Waals surface area contributed by atoms with Crippen molar-refractivity contribution in [3.8, 4) is 0 Å². The van der Waals surface area contributed by atoms with Crippen LogP contribution >= 0.6 is 11.3 Å². The van der Waals surface area contributed by atoms with Crippen LogP contribution in [0.1, 0.15) is 41.2 Å². The van der Waals surface area contributed by atoms with E-state index in [1.54, 1.807) is 6.92 Å². The zero-order chi connectivity index (χ0) is 18.0. The first-order valence-electron chi connectivity index (χ1n) is 7.62. The van der Waals surface area contributed by atoms with Crippen molar-refractivity contribution in [2.24, 2.45) is 5.92 Å². The van der Waals surface area contributed by atoms with Gasteiger partial charge in [0.15, 0.2) is 4.96 Å². The van der Waals surface area contributed by atoms with Crippen LogP contribution in [0.3, 0.4) is 0 Å². The Hall–Kier alpha value is -2.22. The zero-order valence-corrected chi connectivity index (χ0v) is 15.2. The van der Waals surface area contributed by atoms with E-state index in [-0.39, 0.29) is 11.5 Å². The second kappa shape index (κ2) is 7.12. The molecule has 0 unspecified atom stereocenters. The third-order valence-corrected chi connectivity index (χ3v) is 4.83. The molecule has 0 aliphatic carbocycles. The van der Waals surface area contributed by atoms with Crippen molar-refractivity contribution >= 4 is 28.2 Å². The number of hydrogen-bond acceptors (Lipinski definition) is 6. The lowest BCUT2D eigenvalue weighted by atomic mass is 10.0. The van der Waals surface area contributed by atoms with Gasteiger partial charge in [0, 0.05) is 16.8 Å². The number of thiazole rings is 1. The highest BCUT2D eigenvalue weighted by Gasteiger charge is 2.25. The van der Waals surface area contributed by atoms with E-state index >= 15 is 0 Å². The summed E-state index contributed by atoms with van der Waals surface area (Å²) in [6.07, 6.45) is 1.68. The Labute approximate surface area is 143 Å². The van der Waals surface area contributed by atoms with Crippen molar-refractivity contribution in [2.45, 2.75) is 40.2 Å². The predicted molar refractivity (Wildman–Crippen MR) is 91.5 cm³/mol. The molecule has 0 spiro atoms. The number of aryl methyl sites for hydroxylation is 2. The number of fused-ring (bicyclic) bond motifs is 1. The van der Waals surface area contributed by atoms with E-state index in [9.17, 15) is 14.4 Å². The number of esters is 1. The summed E-state index contributed by atoms with van der Waals surface area (Å²) in [5.74, 6) is -0.979. The van der Waals surface area contributed by atoms with Crippen molar-refractivity contribution in [1.29, 1.82) is 0 Å². The molecule has 0 aliphatic heterocycles. The average Bonchev–Trinajstić information content (AvgIpc) is 2.81. The Morgan fingerprint density at radius 3 is 2.62 bits per heavy atom. The van der Waals surface area contributed by atoms with Crippen molar-refractivity contribution in [3.63, 3.8) is 0 Å². The molecule has 2 aromatic heterocycles. The van der Waals surface area contributed by atoms with Crippen LogP contribution in [-0.4, -0.2) is 34.4 Å². The van der Waals surface area contributed by atoms with Crippen molar-refractivity contribution < 1.29 is 14.3 Å². The number of nitrogens with zero attached hydrogens (tertiary/aromatic N) is 2. The summed E-state index contributed by atoms with van der Waals surface area (Å²) in [5.41, 5.74) is 0.229. The van der Waals surface area contributed by atoms with E-state index in [4.69, 9.17) is 4.74 Å². The fourth-order valence-electron chi connectivity index (χ4n) is 2.40. The molecule has 0 bridgehead atoms. The van der Waals surface area contributed by atoms with E-state index in [2.05, 4.69) is 10.3 Å². The maximum atomic E-state index is 12.6. The van der Waals surface area contributed by atoms with E-state index in [0.717, 1.165) is 10.6 Å². The number of nitrogens with one attached hydrogen (secondary N) is 1. The number of hydrogen-bond donors (Lipinski definition) is 1. The maximum Gasteiger partial charge on any atom is 0.328 e. The third-order valence-electron chi connectivity index (χ3n) is 3.76. The molecule has 7 nitrogen and oxygen atoms in total. The molecule has 2 heterocycles. The molecule has 0 aliphatic rings. The first-order chi connectivity index (χ1) is 11.3. The smallest absolute Gasteiger partial charge is 0.328 e. The van der Waals surface area contributed by atoms with Crippen molar-refractivity contribution in [3.05, 3.63) is 32.7 Å². The molecule has 0 radical (unpaired) electrons. The first kappa shape index (κ1) is 18.1. The van der Waals surface area contributed by atoms with Gasteiger partial charge in [-0.2, -0.15) is 0 Å². The van der Waals surface area contributed by atoms with Crippen LogP contribution in [0, 0.1) is 19.8 Å². The van der Waals surface area contributed by atoms with Crippen LogP contribution in [0.5, 0.6) is 0 Å². The minimum absolute atomic E-state index is 0.0916. The number of ether oxygens (including phenoxy) is 1. The van der Waals surface area contributed by atoms with Crippen LogP contribution in [0.4, 0.5) is 0 Å². The quantitative estimate of drug-likeness (QED) is 0.828. The molecule has 24 heavy (non-hydrogen) atoms. The lowest BCUT2D eigenvalue weighted by Gasteiger charge is -2.18. The molecule has 1 N–H and O–H groups in total. The normalized spacial score (nSPS) is 12.4. The minimum Gasteiger partial charge on any atom is -0.467 e. The number of methoxy groups -OCH3 is 1. The second-order valence-electron chi connectivity index (χ2n) is 6.02. The highest BCUT2D eigenvalue weighted by Crippen LogP contribution is 2.18. The molecule has 8 heteroatoms. The van der Waals surface area contributed by atoms with Crippen LogP contribution in [0.2, 0.25) is 0 Å². The molecule has 0 fully saturated rings. The first-order valence-corrected chi connectivity index (χ1v) is 8.44. The number of amides is 1. The third kappa shape index (κ3) is 3.48. The fourth-order valence-corrected chi connectivity index (χ4v) is 3.32. The van der Waals surface area contributed by atoms with E-state index in [1.807, 2.05) is 20.8 Å². The molecule has 1 atom stereocenters. The summed E-state index contributed by atoms with van der Waals surface area (Å²) in [6.45, 7) is 7.56. The maximum absolute atomic E-state index is 12.6. The van der Waals surface area contributed by atoms with Gasteiger partial charge in [-0.05, 0) is 26.2 Å². The molecule has 2 aromatic rings. The van der Waals surface area contributed by atoms with Crippen LogP contribution in [0.25, 0.3) is 4.96 Å². The van der Waals surface area contributed by atoms with Crippen molar-refractivity contribution in [1.82, 2.24) is 14.7 Å². The molecular formula is C16H21N3O4S. The summed E-state index contributed by atoms with van der Waals surface area (Å²) in [6, 6.07) is -0.798. The SMILES string of the molecule is COC(=O)[C@@H](CC(C)C)NC(=O)c1cnc2sc(C)c(C)n2c1=O. The molecular weight excluding hydrogens is 330 g/mol. The van der Waals surface area contributed by atoms with Crippen molar-refractivity contribution in [2.75, 3.05) is 7.11 Å². The van der Waals surface area contributed by atoms with Gasteiger partial charge in [-0.25, -0.2) is 9.78 Å². The molecule has 130 valence electrons. The molecule has 1 amide bonds.